The third-order valence-corrected chi connectivity index (χ3v) is 4.83. The highest BCUT2D eigenvalue weighted by molar-refractivity contribution is 5.91. The molecule has 1 aromatic heterocycles. The summed E-state index contributed by atoms with van der Waals surface area (Å²) in [5.41, 5.74) is 5.50. The first kappa shape index (κ1) is 22.1. The van der Waals surface area contributed by atoms with E-state index in [1.54, 1.807) is 10.8 Å². The van der Waals surface area contributed by atoms with Gasteiger partial charge in [0.05, 0.1) is 18.5 Å². The number of para-hydroxylation sites is 1. The van der Waals surface area contributed by atoms with Gasteiger partial charge >= 0.3 is 5.97 Å². The molecule has 6 heteroatoms. The fourth-order valence-electron chi connectivity index (χ4n) is 3.57. The van der Waals surface area contributed by atoms with Crippen LogP contribution in [0.15, 0.2) is 60.8 Å². The quantitative estimate of drug-likeness (QED) is 0.457. The van der Waals surface area contributed by atoms with Crippen molar-refractivity contribution in [3.05, 3.63) is 66.4 Å². The maximum absolute atomic E-state index is 12.5. The summed E-state index contributed by atoms with van der Waals surface area (Å²) >= 11 is 0. The SMILES string of the molecule is C#CC(Cn1cc(OC(=O)Cc2ccccc2)c2ccccc21)(NC(C)(C)C)C(N)=O. The number of hydrogen-bond donors (Lipinski definition) is 2. The van der Waals surface area contributed by atoms with Gasteiger partial charge in [0.2, 0.25) is 0 Å². The van der Waals surface area contributed by atoms with Crippen molar-refractivity contribution in [2.75, 3.05) is 0 Å². The molecule has 6 nitrogen and oxygen atoms in total. The van der Waals surface area contributed by atoms with E-state index >= 15 is 0 Å². The second kappa shape index (κ2) is 8.66. The van der Waals surface area contributed by atoms with Crippen LogP contribution in [0, 0.1) is 12.3 Å². The number of esters is 1. The molecule has 3 N–H and O–H groups in total. The van der Waals surface area contributed by atoms with Crippen LogP contribution in [-0.2, 0) is 22.6 Å². The number of carbonyl (C=O) groups excluding carboxylic acids is 2. The molecule has 1 heterocycles. The molecule has 0 fully saturated rings. The molecule has 0 saturated carbocycles. The predicted octanol–water partition coefficient (Wildman–Crippen LogP) is 3.03. The van der Waals surface area contributed by atoms with Gasteiger partial charge in [-0.3, -0.25) is 14.9 Å². The Hall–Kier alpha value is -3.56. The van der Waals surface area contributed by atoms with Crippen LogP contribution < -0.4 is 15.8 Å². The lowest BCUT2D eigenvalue weighted by Gasteiger charge is -2.34. The number of nitrogens with one attached hydrogen (secondary N) is 1. The maximum Gasteiger partial charge on any atom is 0.315 e. The van der Waals surface area contributed by atoms with Gasteiger partial charge in [0.25, 0.3) is 5.91 Å². The first-order valence-corrected chi connectivity index (χ1v) is 10.0. The molecule has 3 aromatic rings. The largest absolute Gasteiger partial charge is 0.424 e. The van der Waals surface area contributed by atoms with Crippen molar-refractivity contribution in [3.63, 3.8) is 0 Å². The van der Waals surface area contributed by atoms with Gasteiger partial charge in [-0.25, -0.2) is 0 Å². The van der Waals surface area contributed by atoms with Crippen molar-refractivity contribution in [3.8, 4) is 18.1 Å². The Labute approximate surface area is 182 Å². The average molecular weight is 418 g/mol. The van der Waals surface area contributed by atoms with Gasteiger partial charge in [-0.2, -0.15) is 0 Å². The van der Waals surface area contributed by atoms with Gasteiger partial charge in [-0.1, -0.05) is 48.4 Å². The molecular formula is C25H27N3O3. The van der Waals surface area contributed by atoms with E-state index in [1.807, 2.05) is 75.4 Å². The van der Waals surface area contributed by atoms with Crippen molar-refractivity contribution in [2.24, 2.45) is 5.73 Å². The molecule has 31 heavy (non-hydrogen) atoms. The zero-order valence-electron chi connectivity index (χ0n) is 18.0. The fraction of sp³-hybridized carbons (Fsp3) is 0.280. The van der Waals surface area contributed by atoms with Crippen LogP contribution >= 0.6 is 0 Å². The Morgan fingerprint density at radius 3 is 2.35 bits per heavy atom. The summed E-state index contributed by atoms with van der Waals surface area (Å²) in [4.78, 5) is 24.9. The first-order valence-electron chi connectivity index (χ1n) is 10.0. The zero-order valence-corrected chi connectivity index (χ0v) is 18.0. The van der Waals surface area contributed by atoms with Crippen LogP contribution in [0.2, 0.25) is 0 Å². The molecule has 0 saturated heterocycles. The van der Waals surface area contributed by atoms with Gasteiger partial charge in [-0.15, -0.1) is 6.42 Å². The molecule has 0 aliphatic heterocycles. The van der Waals surface area contributed by atoms with E-state index in [2.05, 4.69) is 11.2 Å². The molecule has 0 bridgehead atoms. The minimum Gasteiger partial charge on any atom is -0.424 e. The number of hydrogen-bond acceptors (Lipinski definition) is 4. The number of terminal acetylenes is 1. The highest BCUT2D eigenvalue weighted by Gasteiger charge is 2.39. The van der Waals surface area contributed by atoms with Gasteiger partial charge in [0.15, 0.2) is 11.3 Å². The summed E-state index contributed by atoms with van der Waals surface area (Å²) < 4.78 is 7.47. The zero-order chi connectivity index (χ0) is 22.6. The number of carbonyl (C=O) groups is 2. The van der Waals surface area contributed by atoms with E-state index in [0.717, 1.165) is 16.5 Å². The van der Waals surface area contributed by atoms with Crippen LogP contribution in [0.25, 0.3) is 10.9 Å². The molecule has 3 rings (SSSR count). The van der Waals surface area contributed by atoms with E-state index in [0.29, 0.717) is 5.75 Å². The van der Waals surface area contributed by atoms with Gasteiger partial charge in [-0.05, 0) is 38.5 Å². The standard InChI is InChI=1S/C25H27N3O3/c1-5-25(23(26)30,27-24(2,3)4)17-28-16-21(19-13-9-10-14-20(19)28)31-22(29)15-18-11-7-6-8-12-18/h1,6-14,16,27H,15,17H2,2-4H3,(H2,26,30). The molecule has 0 radical (unpaired) electrons. The lowest BCUT2D eigenvalue weighted by molar-refractivity contribution is -0.133. The summed E-state index contributed by atoms with van der Waals surface area (Å²) in [6, 6.07) is 16.8. The Morgan fingerprint density at radius 1 is 1.10 bits per heavy atom. The monoisotopic (exact) mass is 417 g/mol. The van der Waals surface area contributed by atoms with E-state index < -0.39 is 17.0 Å². The number of rotatable bonds is 7. The van der Waals surface area contributed by atoms with Gasteiger partial charge in [0.1, 0.15) is 0 Å². The molecule has 0 aliphatic carbocycles. The van der Waals surface area contributed by atoms with Gasteiger partial charge < -0.3 is 15.0 Å². The minimum atomic E-state index is -1.41. The van der Waals surface area contributed by atoms with E-state index in [1.165, 1.54) is 0 Å². The molecule has 1 unspecified atom stereocenters. The van der Waals surface area contributed by atoms with Crippen molar-refractivity contribution < 1.29 is 14.3 Å². The third-order valence-electron chi connectivity index (χ3n) is 4.83. The van der Waals surface area contributed by atoms with Crippen LogP contribution in [0.5, 0.6) is 5.75 Å². The summed E-state index contributed by atoms with van der Waals surface area (Å²) in [5.74, 6) is 1.94. The van der Waals surface area contributed by atoms with Crippen molar-refractivity contribution in [2.45, 2.75) is 44.8 Å². The average Bonchev–Trinajstić information content (AvgIpc) is 3.04. The topological polar surface area (TPSA) is 86.3 Å². The van der Waals surface area contributed by atoms with Gasteiger partial charge in [0, 0.05) is 17.1 Å². The smallest absolute Gasteiger partial charge is 0.315 e. The molecule has 1 atom stereocenters. The maximum atomic E-state index is 12.5. The van der Waals surface area contributed by atoms with Crippen LogP contribution in [0.4, 0.5) is 0 Å². The number of primary amides is 1. The minimum absolute atomic E-state index is 0.0901. The van der Waals surface area contributed by atoms with E-state index in [-0.39, 0.29) is 18.9 Å². The molecular weight excluding hydrogens is 390 g/mol. The highest BCUT2D eigenvalue weighted by atomic mass is 16.5. The number of fused-ring (bicyclic) bond motifs is 1. The number of nitrogens with zero attached hydrogens (tertiary/aromatic N) is 1. The summed E-state index contributed by atoms with van der Waals surface area (Å²) in [5, 5.41) is 3.92. The Balaban J connectivity index is 1.94. The third kappa shape index (κ3) is 5.14. The Morgan fingerprint density at radius 2 is 1.74 bits per heavy atom. The molecule has 160 valence electrons. The number of aromatic nitrogens is 1. The molecule has 0 aliphatic rings. The highest BCUT2D eigenvalue weighted by Crippen LogP contribution is 2.30. The second-order valence-corrected chi connectivity index (χ2v) is 8.56. The number of amides is 1. The van der Waals surface area contributed by atoms with Crippen LogP contribution in [0.3, 0.4) is 0 Å². The Bertz CT molecular complexity index is 1140. The van der Waals surface area contributed by atoms with Crippen molar-refractivity contribution >= 4 is 22.8 Å². The molecule has 2 aromatic carbocycles. The predicted molar refractivity (Wildman–Crippen MR) is 121 cm³/mol. The lowest BCUT2D eigenvalue weighted by Crippen LogP contribution is -2.62. The lowest BCUT2D eigenvalue weighted by atomic mass is 9.94. The number of ether oxygens (including phenoxy) is 1. The van der Waals surface area contributed by atoms with Crippen molar-refractivity contribution in [1.82, 2.24) is 9.88 Å². The number of nitrogens with two attached hydrogens (primary N) is 1. The molecule has 1 amide bonds. The Kier molecular flexibility index (Phi) is 6.19. The fourth-order valence-corrected chi connectivity index (χ4v) is 3.57. The van der Waals surface area contributed by atoms with E-state index in [4.69, 9.17) is 16.9 Å². The van der Waals surface area contributed by atoms with E-state index in [9.17, 15) is 9.59 Å². The second-order valence-electron chi connectivity index (χ2n) is 8.56. The van der Waals surface area contributed by atoms with Crippen LogP contribution in [-0.4, -0.2) is 27.5 Å². The summed E-state index contributed by atoms with van der Waals surface area (Å²) in [6.45, 7) is 5.82. The first-order chi connectivity index (χ1) is 14.6. The summed E-state index contributed by atoms with van der Waals surface area (Å²) in [6.07, 6.45) is 7.61. The van der Waals surface area contributed by atoms with Crippen LogP contribution in [0.1, 0.15) is 26.3 Å². The molecule has 0 spiro atoms. The summed E-state index contributed by atoms with van der Waals surface area (Å²) in [7, 11) is 0. The van der Waals surface area contributed by atoms with Crippen molar-refractivity contribution in [1.29, 1.82) is 0 Å². The normalized spacial score (nSPS) is 13.4. The number of benzene rings is 2.